The highest BCUT2D eigenvalue weighted by Crippen LogP contribution is 2.49. The van der Waals surface area contributed by atoms with Gasteiger partial charge in [0.1, 0.15) is 23.3 Å². The van der Waals surface area contributed by atoms with Gasteiger partial charge in [0, 0.05) is 30.3 Å². The standard InChI is InChI=1S/C25H32O5/c1-13-9-18-10-14(2)23(29)17(5)22(18)20(19(13)12-16(4)26)11-15(3)24-25(6,30-24)8-7-21(27)28/h7-9,11,14,17,20,22,24H,10,12H2,1-6H3,(H,27,28)/b8-7+,15-11+/t14-,17+,20+,22+,24-,25-/m1/s1. The summed E-state index contributed by atoms with van der Waals surface area (Å²) in [6.07, 6.45) is 7.98. The number of allylic oxidation sites excluding steroid dienone is 5. The number of aliphatic carboxylic acids is 1. The normalized spacial score (nSPS) is 36.6. The molecule has 2 fully saturated rings. The Balaban J connectivity index is 1.98. The maximum Gasteiger partial charge on any atom is 0.328 e. The lowest BCUT2D eigenvalue weighted by Gasteiger charge is -2.42. The maximum absolute atomic E-state index is 12.8. The van der Waals surface area contributed by atoms with Crippen LogP contribution in [0, 0.1) is 23.7 Å². The van der Waals surface area contributed by atoms with Crippen molar-refractivity contribution in [3.63, 3.8) is 0 Å². The molecule has 3 aliphatic rings. The maximum atomic E-state index is 12.8. The lowest BCUT2D eigenvalue weighted by Crippen LogP contribution is -2.39. The number of carbonyl (C=O) groups is 3. The largest absolute Gasteiger partial charge is 0.478 e. The molecule has 0 amide bonds. The molecule has 1 saturated heterocycles. The van der Waals surface area contributed by atoms with Crippen LogP contribution in [0.2, 0.25) is 0 Å². The van der Waals surface area contributed by atoms with Crippen LogP contribution < -0.4 is 0 Å². The number of hydrogen-bond acceptors (Lipinski definition) is 4. The number of ketones is 2. The summed E-state index contributed by atoms with van der Waals surface area (Å²) in [4.78, 5) is 35.7. The number of carboxylic acids is 1. The van der Waals surface area contributed by atoms with Crippen LogP contribution in [0.5, 0.6) is 0 Å². The molecule has 162 valence electrons. The van der Waals surface area contributed by atoms with E-state index < -0.39 is 11.6 Å². The molecule has 0 spiro atoms. The molecule has 5 heteroatoms. The van der Waals surface area contributed by atoms with Crippen molar-refractivity contribution >= 4 is 17.5 Å². The number of hydrogen-bond donors (Lipinski definition) is 1. The zero-order chi connectivity index (χ0) is 22.4. The van der Waals surface area contributed by atoms with Gasteiger partial charge in [0.25, 0.3) is 0 Å². The van der Waals surface area contributed by atoms with E-state index in [1.807, 2.05) is 27.7 Å². The predicted octanol–water partition coefficient (Wildman–Crippen LogP) is 4.44. The van der Waals surface area contributed by atoms with Crippen molar-refractivity contribution in [2.45, 2.75) is 66.1 Å². The van der Waals surface area contributed by atoms with Crippen LogP contribution in [0.1, 0.15) is 54.4 Å². The van der Waals surface area contributed by atoms with Gasteiger partial charge in [-0.1, -0.05) is 42.7 Å². The van der Waals surface area contributed by atoms with E-state index in [1.165, 1.54) is 5.57 Å². The van der Waals surface area contributed by atoms with Crippen molar-refractivity contribution < 1.29 is 24.2 Å². The van der Waals surface area contributed by atoms with Crippen LogP contribution in [0.15, 0.2) is 46.6 Å². The van der Waals surface area contributed by atoms with Gasteiger partial charge in [-0.25, -0.2) is 4.79 Å². The lowest BCUT2D eigenvalue weighted by atomic mass is 9.61. The fourth-order valence-electron chi connectivity index (χ4n) is 5.31. The Morgan fingerprint density at radius 2 is 1.97 bits per heavy atom. The highest BCUT2D eigenvalue weighted by molar-refractivity contribution is 5.86. The lowest BCUT2D eigenvalue weighted by molar-refractivity contribution is -0.131. The van der Waals surface area contributed by atoms with Gasteiger partial charge in [-0.3, -0.25) is 9.59 Å². The highest BCUT2D eigenvalue weighted by Gasteiger charge is 2.52. The second-order valence-electron chi connectivity index (χ2n) is 9.42. The molecule has 0 aromatic rings. The Kier molecular flexibility index (Phi) is 6.06. The van der Waals surface area contributed by atoms with Crippen molar-refractivity contribution in [2.24, 2.45) is 23.7 Å². The smallest absolute Gasteiger partial charge is 0.328 e. The Labute approximate surface area is 178 Å². The van der Waals surface area contributed by atoms with Gasteiger partial charge in [-0.2, -0.15) is 0 Å². The Bertz CT molecular complexity index is 902. The van der Waals surface area contributed by atoms with Gasteiger partial charge < -0.3 is 9.84 Å². The molecule has 2 aliphatic carbocycles. The minimum Gasteiger partial charge on any atom is -0.478 e. The molecule has 0 aromatic heterocycles. The van der Waals surface area contributed by atoms with E-state index in [1.54, 1.807) is 13.0 Å². The first-order chi connectivity index (χ1) is 13.9. The van der Waals surface area contributed by atoms with Gasteiger partial charge in [0.2, 0.25) is 0 Å². The van der Waals surface area contributed by atoms with Crippen LogP contribution >= 0.6 is 0 Å². The quantitative estimate of drug-likeness (QED) is 0.396. The number of fused-ring (bicyclic) bond motifs is 1. The first-order valence-corrected chi connectivity index (χ1v) is 10.7. The zero-order valence-corrected chi connectivity index (χ0v) is 18.7. The minimum absolute atomic E-state index is 0.0200. The Hall–Kier alpha value is -2.27. The second kappa shape index (κ2) is 8.10. The molecule has 1 heterocycles. The van der Waals surface area contributed by atoms with Gasteiger partial charge in [-0.15, -0.1) is 0 Å². The third-order valence-electron chi connectivity index (χ3n) is 6.83. The number of carboxylic acid groups (broad SMARTS) is 1. The summed E-state index contributed by atoms with van der Waals surface area (Å²) < 4.78 is 5.82. The van der Waals surface area contributed by atoms with E-state index in [9.17, 15) is 14.4 Å². The summed E-state index contributed by atoms with van der Waals surface area (Å²) in [5.41, 5.74) is 3.86. The van der Waals surface area contributed by atoms with Crippen molar-refractivity contribution in [1.82, 2.24) is 0 Å². The van der Waals surface area contributed by atoms with E-state index >= 15 is 0 Å². The number of carbonyl (C=O) groups excluding carboxylic acids is 2. The molecule has 30 heavy (non-hydrogen) atoms. The average Bonchev–Trinajstić information content (AvgIpc) is 3.33. The van der Waals surface area contributed by atoms with Gasteiger partial charge in [0.15, 0.2) is 0 Å². The molecule has 1 aliphatic heterocycles. The van der Waals surface area contributed by atoms with Crippen molar-refractivity contribution in [3.05, 3.63) is 46.6 Å². The van der Waals surface area contributed by atoms with E-state index in [4.69, 9.17) is 9.84 Å². The molecular weight excluding hydrogens is 380 g/mol. The fraction of sp³-hybridized carbons (Fsp3) is 0.560. The van der Waals surface area contributed by atoms with E-state index in [2.05, 4.69) is 19.1 Å². The molecule has 0 aromatic carbocycles. The summed E-state index contributed by atoms with van der Waals surface area (Å²) in [6.45, 7) is 11.5. The number of Topliss-reactive ketones (excluding diaryl/α,β-unsaturated/α-hetero) is 2. The van der Waals surface area contributed by atoms with Gasteiger partial charge >= 0.3 is 5.97 Å². The van der Waals surface area contributed by atoms with Gasteiger partial charge in [0.05, 0.1) is 0 Å². The van der Waals surface area contributed by atoms with Crippen molar-refractivity contribution in [1.29, 1.82) is 0 Å². The minimum atomic E-state index is -1.000. The van der Waals surface area contributed by atoms with Crippen LogP contribution in [0.25, 0.3) is 0 Å². The molecule has 1 N–H and O–H groups in total. The monoisotopic (exact) mass is 412 g/mol. The van der Waals surface area contributed by atoms with Crippen molar-refractivity contribution in [3.8, 4) is 0 Å². The number of ether oxygens (including phenoxy) is 1. The third-order valence-corrected chi connectivity index (χ3v) is 6.83. The summed E-state index contributed by atoms with van der Waals surface area (Å²) in [5.74, 6) is -0.670. The topological polar surface area (TPSA) is 84.0 Å². The summed E-state index contributed by atoms with van der Waals surface area (Å²) in [6, 6.07) is 0. The van der Waals surface area contributed by atoms with Crippen molar-refractivity contribution in [2.75, 3.05) is 0 Å². The van der Waals surface area contributed by atoms with Crippen LogP contribution in [0.4, 0.5) is 0 Å². The Morgan fingerprint density at radius 3 is 2.57 bits per heavy atom. The number of epoxide rings is 1. The highest BCUT2D eigenvalue weighted by atomic mass is 16.6. The molecule has 0 bridgehead atoms. The average molecular weight is 413 g/mol. The van der Waals surface area contributed by atoms with E-state index in [-0.39, 0.29) is 41.3 Å². The molecule has 0 radical (unpaired) electrons. The Morgan fingerprint density at radius 1 is 1.30 bits per heavy atom. The van der Waals surface area contributed by atoms with Crippen LogP contribution in [-0.4, -0.2) is 34.3 Å². The van der Waals surface area contributed by atoms with E-state index in [0.29, 0.717) is 6.42 Å². The molecule has 3 rings (SSSR count). The predicted molar refractivity (Wildman–Crippen MR) is 115 cm³/mol. The molecule has 1 saturated carbocycles. The molecule has 5 nitrogen and oxygen atoms in total. The second-order valence-corrected chi connectivity index (χ2v) is 9.42. The zero-order valence-electron chi connectivity index (χ0n) is 18.7. The summed E-state index contributed by atoms with van der Waals surface area (Å²) >= 11 is 0. The summed E-state index contributed by atoms with van der Waals surface area (Å²) in [5, 5.41) is 8.91. The summed E-state index contributed by atoms with van der Waals surface area (Å²) in [7, 11) is 0. The molecular formula is C25H32O5. The van der Waals surface area contributed by atoms with Gasteiger partial charge in [-0.05, 0) is 51.7 Å². The number of rotatable bonds is 6. The first-order valence-electron chi connectivity index (χ1n) is 10.7. The first kappa shape index (κ1) is 22.4. The SMILES string of the molecule is CC(=O)CC1=C(C)C=C2C[C@@H](C)C(=O)[C@@H](C)[C@@H]2[C@H]1/C=C(\C)[C@H]1O[C@]1(C)/C=C/C(=O)O. The van der Waals surface area contributed by atoms with Crippen LogP contribution in [0.3, 0.4) is 0 Å². The fourth-order valence-corrected chi connectivity index (χ4v) is 5.31. The van der Waals surface area contributed by atoms with Crippen LogP contribution in [-0.2, 0) is 19.1 Å². The molecule has 0 unspecified atom stereocenters. The molecule has 6 atom stereocenters. The third kappa shape index (κ3) is 4.27. The van der Waals surface area contributed by atoms with E-state index in [0.717, 1.165) is 29.2 Å².